The number of nitrogens with one attached hydrogen (secondary N) is 1. The number of hydrogen-bond acceptors (Lipinski definition) is 2. The predicted octanol–water partition coefficient (Wildman–Crippen LogP) is 0.229. The van der Waals surface area contributed by atoms with Gasteiger partial charge in [0.1, 0.15) is 0 Å². The van der Waals surface area contributed by atoms with E-state index < -0.39 is 0 Å². The van der Waals surface area contributed by atoms with Gasteiger partial charge < -0.3 is 5.21 Å². The minimum absolute atomic E-state index is 0.181. The summed E-state index contributed by atoms with van der Waals surface area (Å²) in [5.41, 5.74) is 2.86. The highest BCUT2D eigenvalue weighted by atomic mass is 16.6. The second kappa shape index (κ2) is 2.01. The number of quaternary nitrogens is 1. The van der Waals surface area contributed by atoms with Crippen LogP contribution in [0.4, 0.5) is 0 Å². The molecule has 0 radical (unpaired) electrons. The molecule has 1 N–H and O–H groups in total. The van der Waals surface area contributed by atoms with Crippen molar-refractivity contribution in [3.63, 3.8) is 0 Å². The smallest absolute Gasteiger partial charge is 0.0974 e. The molecule has 0 bridgehead atoms. The molecule has 0 amide bonds. The fraction of sp³-hybridized carbons (Fsp3) is 1.00. The Morgan fingerprint density at radius 3 is 2.75 bits per heavy atom. The van der Waals surface area contributed by atoms with E-state index in [2.05, 4.69) is 5.43 Å². The molecule has 3 heteroatoms. The van der Waals surface area contributed by atoms with Crippen molar-refractivity contribution < 1.29 is 4.76 Å². The predicted molar refractivity (Wildman–Crippen MR) is 31.7 cm³/mol. The minimum atomic E-state index is -0.181. The van der Waals surface area contributed by atoms with Crippen LogP contribution >= 0.6 is 0 Å². The number of rotatable bonds is 1. The first-order chi connectivity index (χ1) is 3.77. The van der Waals surface area contributed by atoms with E-state index in [0.717, 1.165) is 19.5 Å². The van der Waals surface area contributed by atoms with Crippen LogP contribution in [0, 0.1) is 5.21 Å². The lowest BCUT2D eigenvalue weighted by Gasteiger charge is -2.35. The summed E-state index contributed by atoms with van der Waals surface area (Å²) < 4.78 is -0.181. The fourth-order valence-electron chi connectivity index (χ4n) is 0.966. The Bertz CT molecular complexity index is 78.5. The van der Waals surface area contributed by atoms with E-state index in [1.165, 1.54) is 0 Å². The Labute approximate surface area is 49.4 Å². The molecular weight excluding hydrogens is 104 g/mol. The first-order valence-electron chi connectivity index (χ1n) is 3.10. The van der Waals surface area contributed by atoms with Gasteiger partial charge in [-0.3, -0.25) is 4.76 Å². The van der Waals surface area contributed by atoms with Gasteiger partial charge in [0.25, 0.3) is 0 Å². The van der Waals surface area contributed by atoms with E-state index in [4.69, 9.17) is 0 Å². The molecule has 0 aromatic heterocycles. The highest BCUT2D eigenvalue weighted by Gasteiger charge is 2.19. The molecule has 0 aromatic carbocycles. The summed E-state index contributed by atoms with van der Waals surface area (Å²) in [5, 5.41) is 11.1. The maximum absolute atomic E-state index is 11.1. The number of nitrogens with zero attached hydrogens (tertiary/aromatic N) is 1. The van der Waals surface area contributed by atoms with Crippen molar-refractivity contribution in [2.24, 2.45) is 0 Å². The van der Waals surface area contributed by atoms with Crippen LogP contribution < -0.4 is 5.43 Å². The average molecular weight is 116 g/mol. The Morgan fingerprint density at radius 2 is 2.50 bits per heavy atom. The van der Waals surface area contributed by atoms with Gasteiger partial charge in [-0.1, -0.05) is 0 Å². The van der Waals surface area contributed by atoms with Crippen LogP contribution in [0.2, 0.25) is 0 Å². The maximum atomic E-state index is 11.1. The van der Waals surface area contributed by atoms with Crippen molar-refractivity contribution in [1.82, 2.24) is 5.43 Å². The molecule has 1 rings (SSSR count). The van der Waals surface area contributed by atoms with E-state index in [1.807, 2.05) is 6.92 Å². The van der Waals surface area contributed by atoms with E-state index in [-0.39, 0.29) is 4.76 Å². The van der Waals surface area contributed by atoms with Gasteiger partial charge >= 0.3 is 0 Å². The average Bonchev–Trinajstić information content (AvgIpc) is 2.17. The zero-order chi connectivity index (χ0) is 6.04. The third-order valence-electron chi connectivity index (χ3n) is 1.61. The SMILES string of the molecule is CC[N+]1([O-])CCCN1. The van der Waals surface area contributed by atoms with Crippen molar-refractivity contribution in [2.75, 3.05) is 19.6 Å². The molecule has 48 valence electrons. The van der Waals surface area contributed by atoms with Crippen LogP contribution in [0.1, 0.15) is 13.3 Å². The number of hydrogen-bond donors (Lipinski definition) is 1. The Morgan fingerprint density at radius 1 is 1.75 bits per heavy atom. The van der Waals surface area contributed by atoms with Crippen molar-refractivity contribution in [2.45, 2.75) is 13.3 Å². The van der Waals surface area contributed by atoms with Gasteiger partial charge in [-0.05, 0) is 6.92 Å². The second-order valence-electron chi connectivity index (χ2n) is 2.19. The zero-order valence-electron chi connectivity index (χ0n) is 5.18. The third-order valence-corrected chi connectivity index (χ3v) is 1.61. The summed E-state index contributed by atoms with van der Waals surface area (Å²) in [6.07, 6.45) is 1.03. The van der Waals surface area contributed by atoms with Crippen LogP contribution in [0.15, 0.2) is 0 Å². The lowest BCUT2D eigenvalue weighted by Crippen LogP contribution is -2.47. The molecule has 1 aliphatic rings. The van der Waals surface area contributed by atoms with Gasteiger partial charge in [0, 0.05) is 6.42 Å². The quantitative estimate of drug-likeness (QED) is 0.393. The maximum Gasteiger partial charge on any atom is 0.0974 e. The van der Waals surface area contributed by atoms with Crippen LogP contribution in [0.3, 0.4) is 0 Å². The minimum Gasteiger partial charge on any atom is -0.612 e. The van der Waals surface area contributed by atoms with Crippen molar-refractivity contribution in [1.29, 1.82) is 0 Å². The molecule has 0 spiro atoms. The van der Waals surface area contributed by atoms with E-state index in [9.17, 15) is 5.21 Å². The largest absolute Gasteiger partial charge is 0.612 e. The van der Waals surface area contributed by atoms with Gasteiger partial charge in [0.15, 0.2) is 0 Å². The summed E-state index contributed by atoms with van der Waals surface area (Å²) in [5.74, 6) is 0. The molecule has 8 heavy (non-hydrogen) atoms. The van der Waals surface area contributed by atoms with Crippen molar-refractivity contribution in [3.05, 3.63) is 5.21 Å². The highest BCUT2D eigenvalue weighted by Crippen LogP contribution is 2.05. The van der Waals surface area contributed by atoms with Gasteiger partial charge in [0.2, 0.25) is 0 Å². The van der Waals surface area contributed by atoms with Crippen molar-refractivity contribution >= 4 is 0 Å². The van der Waals surface area contributed by atoms with Crippen LogP contribution in [-0.4, -0.2) is 24.4 Å². The summed E-state index contributed by atoms with van der Waals surface area (Å²) >= 11 is 0. The summed E-state index contributed by atoms with van der Waals surface area (Å²) in [6.45, 7) is 4.19. The highest BCUT2D eigenvalue weighted by molar-refractivity contribution is 4.48. The van der Waals surface area contributed by atoms with E-state index in [0.29, 0.717) is 6.54 Å². The van der Waals surface area contributed by atoms with Gasteiger partial charge in [-0.2, -0.15) is 5.43 Å². The molecule has 1 fully saturated rings. The molecule has 1 unspecified atom stereocenters. The first kappa shape index (κ1) is 6.01. The number of hydroxylamine groups is 2. The zero-order valence-corrected chi connectivity index (χ0v) is 5.18. The summed E-state index contributed by atoms with van der Waals surface area (Å²) in [7, 11) is 0. The lowest BCUT2D eigenvalue weighted by atomic mass is 10.5. The summed E-state index contributed by atoms with van der Waals surface area (Å²) in [4.78, 5) is 0. The van der Waals surface area contributed by atoms with Gasteiger partial charge in [-0.25, -0.2) is 0 Å². The fourth-order valence-corrected chi connectivity index (χ4v) is 0.966. The molecular formula is C5H12N2O. The molecule has 0 aliphatic carbocycles. The topological polar surface area (TPSA) is 35.1 Å². The molecule has 0 aromatic rings. The molecule has 0 saturated carbocycles. The molecule has 1 saturated heterocycles. The van der Waals surface area contributed by atoms with Gasteiger partial charge in [-0.15, -0.1) is 0 Å². The second-order valence-corrected chi connectivity index (χ2v) is 2.19. The molecule has 1 aliphatic heterocycles. The normalized spacial score (nSPS) is 38.2. The van der Waals surface area contributed by atoms with E-state index >= 15 is 0 Å². The third kappa shape index (κ3) is 0.992. The Hall–Kier alpha value is -0.120. The Balaban J connectivity index is 2.40. The standard InChI is InChI=1S/C5H12N2O/c1-2-7(8)5-3-4-6-7/h6H,2-5H2,1H3. The monoisotopic (exact) mass is 116 g/mol. The molecule has 1 atom stereocenters. The Kier molecular flexibility index (Phi) is 1.51. The van der Waals surface area contributed by atoms with Crippen LogP contribution in [-0.2, 0) is 0 Å². The summed E-state index contributed by atoms with van der Waals surface area (Å²) in [6, 6.07) is 0. The van der Waals surface area contributed by atoms with E-state index in [1.54, 1.807) is 0 Å². The molecule has 1 heterocycles. The van der Waals surface area contributed by atoms with Crippen molar-refractivity contribution in [3.8, 4) is 0 Å². The van der Waals surface area contributed by atoms with Crippen LogP contribution in [0.5, 0.6) is 0 Å². The lowest BCUT2D eigenvalue weighted by molar-refractivity contribution is -0.909. The van der Waals surface area contributed by atoms with Gasteiger partial charge in [0.05, 0.1) is 19.6 Å². The molecule has 3 nitrogen and oxygen atoms in total. The first-order valence-corrected chi connectivity index (χ1v) is 3.10. The van der Waals surface area contributed by atoms with Crippen LogP contribution in [0.25, 0.3) is 0 Å².